The van der Waals surface area contributed by atoms with E-state index in [4.69, 9.17) is 0 Å². The topological polar surface area (TPSA) is 55.2 Å². The van der Waals surface area contributed by atoms with Gasteiger partial charge in [-0.25, -0.2) is 13.4 Å². The van der Waals surface area contributed by atoms with E-state index in [1.54, 1.807) is 6.20 Å². The second-order valence-corrected chi connectivity index (χ2v) is 8.44. The normalized spacial score (nSPS) is 12.3. The van der Waals surface area contributed by atoms with Crippen molar-refractivity contribution in [3.05, 3.63) is 47.8 Å². The van der Waals surface area contributed by atoms with Crippen LogP contribution in [0.1, 0.15) is 25.1 Å². The first-order chi connectivity index (χ1) is 10.8. The Hall–Kier alpha value is -1.66. The quantitative estimate of drug-likeness (QED) is 0.780. The Labute approximate surface area is 138 Å². The molecule has 0 amide bonds. The number of rotatable bonds is 7. The maximum absolute atomic E-state index is 12.7. The lowest BCUT2D eigenvalue weighted by Crippen LogP contribution is -2.21. The molecule has 2 aromatic rings. The molecule has 0 unspecified atom stereocenters. The van der Waals surface area contributed by atoms with Crippen LogP contribution in [0.4, 0.5) is 0 Å². The molecule has 0 aliphatic rings. The standard InChI is InChI=1S/C17H25N3O2S/c1-14(2)13-23(21,22)17-18-10-16(12-19(3)4)20(17)11-15-8-6-5-7-9-15/h5-10,14H,11-13H2,1-4H3. The summed E-state index contributed by atoms with van der Waals surface area (Å²) in [4.78, 5) is 6.25. The molecule has 2 rings (SSSR count). The molecule has 0 radical (unpaired) electrons. The van der Waals surface area contributed by atoms with Gasteiger partial charge in [-0.2, -0.15) is 0 Å². The van der Waals surface area contributed by atoms with Gasteiger partial charge in [0, 0.05) is 6.54 Å². The van der Waals surface area contributed by atoms with Crippen LogP contribution in [0.15, 0.2) is 41.7 Å². The molecule has 126 valence electrons. The Morgan fingerprint density at radius 3 is 2.39 bits per heavy atom. The first-order valence-electron chi connectivity index (χ1n) is 7.75. The third-order valence-corrected chi connectivity index (χ3v) is 5.38. The highest BCUT2D eigenvalue weighted by Gasteiger charge is 2.24. The van der Waals surface area contributed by atoms with E-state index in [0.717, 1.165) is 11.3 Å². The van der Waals surface area contributed by atoms with Crippen molar-refractivity contribution >= 4 is 9.84 Å². The van der Waals surface area contributed by atoms with Crippen molar-refractivity contribution in [3.8, 4) is 0 Å². The van der Waals surface area contributed by atoms with Crippen LogP contribution in [0, 0.1) is 5.92 Å². The number of benzene rings is 1. The highest BCUT2D eigenvalue weighted by molar-refractivity contribution is 7.91. The molecular formula is C17H25N3O2S. The van der Waals surface area contributed by atoms with E-state index in [-0.39, 0.29) is 16.8 Å². The highest BCUT2D eigenvalue weighted by atomic mass is 32.2. The van der Waals surface area contributed by atoms with Crippen LogP contribution in [-0.2, 0) is 22.9 Å². The monoisotopic (exact) mass is 335 g/mol. The van der Waals surface area contributed by atoms with Gasteiger partial charge in [0.25, 0.3) is 0 Å². The summed E-state index contributed by atoms with van der Waals surface area (Å²) in [6.45, 7) is 4.97. The molecule has 0 aliphatic carbocycles. The maximum Gasteiger partial charge on any atom is 0.228 e. The molecule has 5 nitrogen and oxygen atoms in total. The second kappa shape index (κ2) is 7.27. The molecule has 0 atom stereocenters. The van der Waals surface area contributed by atoms with Gasteiger partial charge in [0.2, 0.25) is 15.0 Å². The number of hydrogen-bond acceptors (Lipinski definition) is 4. The Morgan fingerprint density at radius 1 is 1.17 bits per heavy atom. The van der Waals surface area contributed by atoms with Gasteiger partial charge >= 0.3 is 0 Å². The van der Waals surface area contributed by atoms with E-state index < -0.39 is 9.84 Å². The minimum Gasteiger partial charge on any atom is -0.313 e. The maximum atomic E-state index is 12.7. The molecule has 0 N–H and O–H groups in total. The summed E-state index contributed by atoms with van der Waals surface area (Å²) in [6.07, 6.45) is 1.68. The van der Waals surface area contributed by atoms with Crippen LogP contribution < -0.4 is 0 Å². The van der Waals surface area contributed by atoms with Crippen LogP contribution in [0.2, 0.25) is 0 Å². The summed E-state index contributed by atoms with van der Waals surface area (Å²) in [7, 11) is 0.529. The molecule has 0 spiro atoms. The molecule has 0 bridgehead atoms. The van der Waals surface area contributed by atoms with Crippen LogP contribution in [0.5, 0.6) is 0 Å². The summed E-state index contributed by atoms with van der Waals surface area (Å²) in [5, 5.41) is 0.173. The van der Waals surface area contributed by atoms with Crippen molar-refractivity contribution in [2.45, 2.75) is 32.1 Å². The molecule has 0 saturated carbocycles. The second-order valence-electron chi connectivity index (χ2n) is 6.52. The van der Waals surface area contributed by atoms with Gasteiger partial charge in [-0.3, -0.25) is 0 Å². The van der Waals surface area contributed by atoms with Crippen molar-refractivity contribution in [1.29, 1.82) is 0 Å². The Morgan fingerprint density at radius 2 is 1.83 bits per heavy atom. The Kier molecular flexibility index (Phi) is 5.59. The lowest BCUT2D eigenvalue weighted by Gasteiger charge is -2.15. The van der Waals surface area contributed by atoms with Gasteiger partial charge in [-0.05, 0) is 25.6 Å². The third kappa shape index (κ3) is 4.65. The average Bonchev–Trinajstić information content (AvgIpc) is 2.81. The zero-order valence-corrected chi connectivity index (χ0v) is 15.0. The minimum atomic E-state index is -3.39. The third-order valence-electron chi connectivity index (χ3n) is 3.39. The predicted octanol–water partition coefficient (Wildman–Crippen LogP) is 2.42. The first-order valence-corrected chi connectivity index (χ1v) is 9.40. The summed E-state index contributed by atoms with van der Waals surface area (Å²) in [6, 6.07) is 9.87. The molecule has 0 aliphatic heterocycles. The van der Waals surface area contributed by atoms with Gasteiger partial charge in [0.1, 0.15) is 0 Å². The van der Waals surface area contributed by atoms with E-state index >= 15 is 0 Å². The van der Waals surface area contributed by atoms with Gasteiger partial charge in [0.15, 0.2) is 0 Å². The molecule has 0 fully saturated rings. The van der Waals surface area contributed by atoms with Gasteiger partial charge in [0.05, 0.1) is 24.2 Å². The van der Waals surface area contributed by atoms with Crippen LogP contribution in [0.3, 0.4) is 0 Å². The fourth-order valence-corrected chi connectivity index (χ4v) is 4.30. The van der Waals surface area contributed by atoms with Crippen molar-refractivity contribution in [2.75, 3.05) is 19.8 Å². The summed E-state index contributed by atoms with van der Waals surface area (Å²) >= 11 is 0. The summed E-state index contributed by atoms with van der Waals surface area (Å²) in [5.74, 6) is 0.180. The SMILES string of the molecule is CC(C)CS(=O)(=O)c1ncc(CN(C)C)n1Cc1ccccc1. The minimum absolute atomic E-state index is 0.0687. The van der Waals surface area contributed by atoms with E-state index in [9.17, 15) is 8.42 Å². The van der Waals surface area contributed by atoms with Crippen molar-refractivity contribution in [2.24, 2.45) is 5.92 Å². The van der Waals surface area contributed by atoms with E-state index in [2.05, 4.69) is 4.98 Å². The average molecular weight is 335 g/mol. The fraction of sp³-hybridized carbons (Fsp3) is 0.471. The van der Waals surface area contributed by atoms with Gasteiger partial charge in [-0.15, -0.1) is 0 Å². The molecule has 0 saturated heterocycles. The first kappa shape index (κ1) is 17.7. The lowest BCUT2D eigenvalue weighted by molar-refractivity contribution is 0.386. The Bertz CT molecular complexity index is 734. The van der Waals surface area contributed by atoms with Crippen LogP contribution in [-0.4, -0.2) is 42.7 Å². The van der Waals surface area contributed by atoms with Crippen molar-refractivity contribution < 1.29 is 8.42 Å². The molecular weight excluding hydrogens is 310 g/mol. The highest BCUT2D eigenvalue weighted by Crippen LogP contribution is 2.18. The van der Waals surface area contributed by atoms with Gasteiger partial charge in [-0.1, -0.05) is 44.2 Å². The molecule has 1 aromatic carbocycles. The smallest absolute Gasteiger partial charge is 0.228 e. The largest absolute Gasteiger partial charge is 0.313 e. The number of imidazole rings is 1. The molecule has 23 heavy (non-hydrogen) atoms. The van der Waals surface area contributed by atoms with Crippen molar-refractivity contribution in [3.63, 3.8) is 0 Å². The lowest BCUT2D eigenvalue weighted by atomic mass is 10.2. The van der Waals surface area contributed by atoms with Crippen molar-refractivity contribution in [1.82, 2.24) is 14.5 Å². The summed E-state index contributed by atoms with van der Waals surface area (Å²) < 4.78 is 27.1. The molecule has 6 heteroatoms. The number of aromatic nitrogens is 2. The number of hydrogen-bond donors (Lipinski definition) is 0. The van der Waals surface area contributed by atoms with E-state index in [1.807, 2.05) is 67.7 Å². The van der Waals surface area contributed by atoms with Gasteiger partial charge < -0.3 is 9.47 Å². The van der Waals surface area contributed by atoms with Crippen LogP contribution >= 0.6 is 0 Å². The Balaban J connectivity index is 2.44. The van der Waals surface area contributed by atoms with E-state index in [1.165, 1.54) is 0 Å². The van der Waals surface area contributed by atoms with E-state index in [0.29, 0.717) is 13.1 Å². The zero-order chi connectivity index (χ0) is 17.0. The predicted molar refractivity (Wildman–Crippen MR) is 92.1 cm³/mol. The molecule has 1 aromatic heterocycles. The number of nitrogens with zero attached hydrogens (tertiary/aromatic N) is 3. The van der Waals surface area contributed by atoms with Crippen LogP contribution in [0.25, 0.3) is 0 Å². The number of sulfone groups is 1. The molecule has 1 heterocycles. The fourth-order valence-electron chi connectivity index (χ4n) is 2.54. The zero-order valence-electron chi connectivity index (χ0n) is 14.2. The summed E-state index contributed by atoms with van der Waals surface area (Å²) in [5.41, 5.74) is 1.97.